The molecule has 0 aliphatic carbocycles. The molecule has 16 heavy (non-hydrogen) atoms. The van der Waals surface area contributed by atoms with Crippen molar-refractivity contribution in [3.63, 3.8) is 0 Å². The summed E-state index contributed by atoms with van der Waals surface area (Å²) in [5.74, 6) is 0.556. The van der Waals surface area contributed by atoms with Crippen LogP contribution in [0.5, 0.6) is 11.6 Å². The third-order valence-corrected chi connectivity index (χ3v) is 2.14. The van der Waals surface area contributed by atoms with E-state index in [9.17, 15) is 4.39 Å². The van der Waals surface area contributed by atoms with E-state index >= 15 is 0 Å². The minimum atomic E-state index is -0.289. The Morgan fingerprint density at radius 2 is 1.94 bits per heavy atom. The van der Waals surface area contributed by atoms with Gasteiger partial charge in [-0.3, -0.25) is 0 Å². The first-order valence-corrected chi connectivity index (χ1v) is 4.88. The summed E-state index contributed by atoms with van der Waals surface area (Å²) in [5, 5.41) is 0. The maximum absolute atomic E-state index is 13.2. The molecule has 1 aromatic carbocycles. The summed E-state index contributed by atoms with van der Waals surface area (Å²) in [5.41, 5.74) is 1.39. The zero-order valence-electron chi connectivity index (χ0n) is 9.07. The molecule has 0 unspecified atom stereocenters. The summed E-state index contributed by atoms with van der Waals surface area (Å²) in [6.07, 6.45) is 1.41. The highest BCUT2D eigenvalue weighted by Gasteiger charge is 2.02. The number of hydrogen-bond acceptors (Lipinski definition) is 3. The lowest BCUT2D eigenvalue weighted by molar-refractivity contribution is 0.455. The number of ether oxygens (including phenoxy) is 1. The smallest absolute Gasteiger partial charge is 0.222 e. The molecule has 0 bridgehead atoms. The van der Waals surface area contributed by atoms with Gasteiger partial charge in [-0.05, 0) is 25.5 Å². The number of benzene rings is 1. The molecule has 0 atom stereocenters. The highest BCUT2D eigenvalue weighted by Crippen LogP contribution is 2.21. The van der Waals surface area contributed by atoms with Gasteiger partial charge in [0.2, 0.25) is 5.88 Å². The quantitative estimate of drug-likeness (QED) is 0.777. The van der Waals surface area contributed by atoms with Crippen molar-refractivity contribution < 1.29 is 9.13 Å². The van der Waals surface area contributed by atoms with Gasteiger partial charge in [0.05, 0.1) is 0 Å². The lowest BCUT2D eigenvalue weighted by Crippen LogP contribution is -1.91. The zero-order chi connectivity index (χ0) is 11.5. The molecule has 0 spiro atoms. The molecule has 0 radical (unpaired) electrons. The fourth-order valence-corrected chi connectivity index (χ4v) is 1.24. The van der Waals surface area contributed by atoms with Gasteiger partial charge in [-0.1, -0.05) is 6.07 Å². The van der Waals surface area contributed by atoms with E-state index in [-0.39, 0.29) is 5.82 Å². The van der Waals surface area contributed by atoms with Gasteiger partial charge >= 0.3 is 0 Å². The largest absolute Gasteiger partial charge is 0.439 e. The molecule has 1 aromatic heterocycles. The van der Waals surface area contributed by atoms with Gasteiger partial charge in [-0.15, -0.1) is 0 Å². The highest BCUT2D eigenvalue weighted by molar-refractivity contribution is 5.31. The van der Waals surface area contributed by atoms with E-state index in [1.807, 2.05) is 6.92 Å². The summed E-state index contributed by atoms with van der Waals surface area (Å²) in [4.78, 5) is 7.88. The normalized spacial score (nSPS) is 10.2. The van der Waals surface area contributed by atoms with E-state index in [1.54, 1.807) is 25.1 Å². The Kier molecular flexibility index (Phi) is 2.81. The molecule has 0 N–H and O–H groups in total. The van der Waals surface area contributed by atoms with Crippen LogP contribution in [0.15, 0.2) is 30.6 Å². The zero-order valence-corrected chi connectivity index (χ0v) is 9.07. The van der Waals surface area contributed by atoms with Crippen LogP contribution in [0.3, 0.4) is 0 Å². The third-order valence-electron chi connectivity index (χ3n) is 2.14. The maximum atomic E-state index is 13.2. The molecule has 2 aromatic rings. The van der Waals surface area contributed by atoms with Crippen molar-refractivity contribution in [1.29, 1.82) is 0 Å². The van der Waals surface area contributed by atoms with E-state index in [0.29, 0.717) is 17.2 Å². The number of hydrogen-bond donors (Lipinski definition) is 0. The lowest BCUT2D eigenvalue weighted by Gasteiger charge is -2.05. The molecule has 0 aliphatic heterocycles. The second-order valence-corrected chi connectivity index (χ2v) is 3.51. The minimum absolute atomic E-state index is 0.289. The monoisotopic (exact) mass is 218 g/mol. The average Bonchev–Trinajstić information content (AvgIpc) is 2.24. The van der Waals surface area contributed by atoms with Crippen LogP contribution < -0.4 is 4.74 Å². The summed E-state index contributed by atoms with van der Waals surface area (Å²) in [6, 6.07) is 6.40. The second kappa shape index (κ2) is 4.26. The molecule has 82 valence electrons. The molecule has 3 nitrogen and oxygen atoms in total. The molecule has 4 heteroatoms. The van der Waals surface area contributed by atoms with Gasteiger partial charge in [-0.25, -0.2) is 14.4 Å². The maximum Gasteiger partial charge on any atom is 0.222 e. The molecule has 0 saturated carbocycles. The van der Waals surface area contributed by atoms with Crippen LogP contribution in [0.25, 0.3) is 0 Å². The van der Waals surface area contributed by atoms with Gasteiger partial charge < -0.3 is 4.74 Å². The fourth-order valence-electron chi connectivity index (χ4n) is 1.24. The molecule has 0 amide bonds. The predicted octanol–water partition coefficient (Wildman–Crippen LogP) is 3.02. The Labute approximate surface area is 92.9 Å². The Balaban J connectivity index is 2.24. The Hall–Kier alpha value is -1.97. The van der Waals surface area contributed by atoms with E-state index in [4.69, 9.17) is 4.74 Å². The number of rotatable bonds is 2. The van der Waals surface area contributed by atoms with Crippen LogP contribution in [-0.2, 0) is 0 Å². The minimum Gasteiger partial charge on any atom is -0.439 e. The van der Waals surface area contributed by atoms with Gasteiger partial charge in [0.1, 0.15) is 17.9 Å². The molecule has 2 rings (SSSR count). The van der Waals surface area contributed by atoms with Gasteiger partial charge in [0, 0.05) is 17.8 Å². The fraction of sp³-hybridized carbons (Fsp3) is 0.167. The average molecular weight is 218 g/mol. The lowest BCUT2D eigenvalue weighted by atomic mass is 10.2. The predicted molar refractivity (Wildman–Crippen MR) is 58.0 cm³/mol. The first-order chi connectivity index (χ1) is 7.65. The Bertz CT molecular complexity index is 514. The van der Waals surface area contributed by atoms with Crippen molar-refractivity contribution in [2.24, 2.45) is 0 Å². The van der Waals surface area contributed by atoms with Crippen molar-refractivity contribution in [2.45, 2.75) is 13.8 Å². The second-order valence-electron chi connectivity index (χ2n) is 3.51. The topological polar surface area (TPSA) is 35.0 Å². The van der Waals surface area contributed by atoms with Gasteiger partial charge in [-0.2, -0.15) is 0 Å². The molecule has 1 heterocycles. The van der Waals surface area contributed by atoms with Crippen LogP contribution in [0.2, 0.25) is 0 Å². The molecular formula is C12H11FN2O. The summed E-state index contributed by atoms with van der Waals surface area (Å²) >= 11 is 0. The van der Waals surface area contributed by atoms with Crippen LogP contribution in [0.4, 0.5) is 4.39 Å². The summed E-state index contributed by atoms with van der Waals surface area (Å²) < 4.78 is 18.7. The van der Waals surface area contributed by atoms with Crippen LogP contribution in [0.1, 0.15) is 11.3 Å². The number of aryl methyl sites for hydroxylation is 2. The highest BCUT2D eigenvalue weighted by atomic mass is 19.1. The van der Waals surface area contributed by atoms with E-state index in [2.05, 4.69) is 9.97 Å². The van der Waals surface area contributed by atoms with E-state index < -0.39 is 0 Å². The van der Waals surface area contributed by atoms with Crippen LogP contribution in [-0.4, -0.2) is 9.97 Å². The number of nitrogens with zero attached hydrogens (tertiary/aromatic N) is 2. The standard InChI is InChI=1S/C12H11FN2O/c1-8-3-4-10(6-11(8)13)16-12-5-9(2)14-7-15-12/h3-7H,1-2H3. The number of halogens is 1. The van der Waals surface area contributed by atoms with Crippen molar-refractivity contribution in [3.05, 3.63) is 47.7 Å². The van der Waals surface area contributed by atoms with Crippen molar-refractivity contribution >= 4 is 0 Å². The van der Waals surface area contributed by atoms with Crippen LogP contribution in [0, 0.1) is 19.7 Å². The van der Waals surface area contributed by atoms with E-state index in [1.165, 1.54) is 12.4 Å². The third kappa shape index (κ3) is 2.34. The summed E-state index contributed by atoms with van der Waals surface area (Å²) in [7, 11) is 0. The SMILES string of the molecule is Cc1cc(Oc2ccc(C)c(F)c2)ncn1. The van der Waals surface area contributed by atoms with Crippen molar-refractivity contribution in [1.82, 2.24) is 9.97 Å². The van der Waals surface area contributed by atoms with Gasteiger partial charge in [0.25, 0.3) is 0 Å². The van der Waals surface area contributed by atoms with Crippen LogP contribution >= 0.6 is 0 Å². The molecule has 0 aliphatic rings. The van der Waals surface area contributed by atoms with E-state index in [0.717, 1.165) is 5.69 Å². The molecule has 0 fully saturated rings. The van der Waals surface area contributed by atoms with Crippen molar-refractivity contribution in [2.75, 3.05) is 0 Å². The van der Waals surface area contributed by atoms with Crippen molar-refractivity contribution in [3.8, 4) is 11.6 Å². The summed E-state index contributed by atoms with van der Waals surface area (Å²) in [6.45, 7) is 3.54. The first kappa shape index (κ1) is 10.5. The number of aromatic nitrogens is 2. The molecular weight excluding hydrogens is 207 g/mol. The first-order valence-electron chi connectivity index (χ1n) is 4.88. The molecule has 0 saturated heterocycles. The Morgan fingerprint density at radius 1 is 1.12 bits per heavy atom. The Morgan fingerprint density at radius 3 is 2.62 bits per heavy atom. The van der Waals surface area contributed by atoms with Gasteiger partial charge in [0.15, 0.2) is 0 Å².